The minimum Gasteiger partial charge on any atom is -0.385 e. The minimum absolute atomic E-state index is 0.0236. The molecule has 0 aliphatic rings. The number of carbonyl (C=O) groups is 1. The lowest BCUT2D eigenvalue weighted by Gasteiger charge is -2.25. The number of halogens is 1. The molecule has 90 valence electrons. The van der Waals surface area contributed by atoms with E-state index in [1.807, 2.05) is 6.92 Å². The summed E-state index contributed by atoms with van der Waals surface area (Å²) >= 11 is 5.60. The molecular weight excluding hydrogens is 214 g/mol. The van der Waals surface area contributed by atoms with Crippen LogP contribution in [-0.4, -0.2) is 32.0 Å². The first-order valence-electron chi connectivity index (χ1n) is 5.25. The van der Waals surface area contributed by atoms with Crippen molar-refractivity contribution in [2.24, 2.45) is 11.3 Å². The van der Waals surface area contributed by atoms with Gasteiger partial charge in [-0.25, -0.2) is 0 Å². The number of ether oxygens (including phenoxy) is 1. The third-order valence-corrected chi connectivity index (χ3v) is 2.87. The first-order valence-corrected chi connectivity index (χ1v) is 5.79. The summed E-state index contributed by atoms with van der Waals surface area (Å²) in [6, 6.07) is 0. The van der Waals surface area contributed by atoms with Gasteiger partial charge in [0, 0.05) is 32.1 Å². The van der Waals surface area contributed by atoms with E-state index in [1.165, 1.54) is 0 Å². The Morgan fingerprint density at radius 3 is 2.60 bits per heavy atom. The first-order chi connectivity index (χ1) is 6.93. The van der Waals surface area contributed by atoms with Gasteiger partial charge in [-0.3, -0.25) is 4.79 Å². The fourth-order valence-corrected chi connectivity index (χ4v) is 1.18. The van der Waals surface area contributed by atoms with Crippen molar-refractivity contribution in [1.29, 1.82) is 0 Å². The predicted octanol–water partition coefficient (Wildman–Crippen LogP) is 2.04. The van der Waals surface area contributed by atoms with Crippen molar-refractivity contribution in [2.75, 3.05) is 26.1 Å². The predicted molar refractivity (Wildman–Crippen MR) is 63.2 cm³/mol. The van der Waals surface area contributed by atoms with Crippen molar-refractivity contribution < 1.29 is 9.53 Å². The number of methoxy groups -OCH3 is 1. The molecule has 0 bridgehead atoms. The maximum atomic E-state index is 11.5. The molecule has 0 aliphatic carbocycles. The quantitative estimate of drug-likeness (QED) is 0.686. The van der Waals surface area contributed by atoms with E-state index < -0.39 is 0 Å². The van der Waals surface area contributed by atoms with E-state index in [4.69, 9.17) is 16.3 Å². The molecule has 0 heterocycles. The van der Waals surface area contributed by atoms with Crippen molar-refractivity contribution in [1.82, 2.24) is 5.32 Å². The number of carbonyl (C=O) groups excluding carboxylic acids is 1. The molecule has 0 aromatic rings. The lowest BCUT2D eigenvalue weighted by Crippen LogP contribution is -2.37. The van der Waals surface area contributed by atoms with Crippen LogP contribution < -0.4 is 5.32 Å². The van der Waals surface area contributed by atoms with E-state index in [2.05, 4.69) is 19.2 Å². The second kappa shape index (κ2) is 7.07. The molecule has 0 rings (SSSR count). The van der Waals surface area contributed by atoms with Gasteiger partial charge in [0.1, 0.15) is 0 Å². The van der Waals surface area contributed by atoms with E-state index in [9.17, 15) is 4.79 Å². The Labute approximate surface area is 97.5 Å². The summed E-state index contributed by atoms with van der Waals surface area (Å²) in [6.45, 7) is 7.42. The topological polar surface area (TPSA) is 38.3 Å². The fraction of sp³-hybridized carbons (Fsp3) is 0.909. The van der Waals surface area contributed by atoms with Crippen molar-refractivity contribution >= 4 is 17.5 Å². The highest BCUT2D eigenvalue weighted by molar-refractivity contribution is 6.19. The van der Waals surface area contributed by atoms with Crippen LogP contribution in [0.5, 0.6) is 0 Å². The van der Waals surface area contributed by atoms with E-state index in [0.29, 0.717) is 19.0 Å². The number of amides is 1. The maximum absolute atomic E-state index is 11.5. The molecule has 15 heavy (non-hydrogen) atoms. The smallest absolute Gasteiger partial charge is 0.224 e. The third kappa shape index (κ3) is 6.74. The normalized spacial score (nSPS) is 13.7. The molecular formula is C11H22ClNO2. The van der Waals surface area contributed by atoms with Crippen molar-refractivity contribution in [3.05, 3.63) is 0 Å². The average Bonchev–Trinajstić information content (AvgIpc) is 2.22. The van der Waals surface area contributed by atoms with E-state index in [1.54, 1.807) is 7.11 Å². The van der Waals surface area contributed by atoms with Gasteiger partial charge < -0.3 is 10.1 Å². The molecule has 4 heteroatoms. The molecule has 1 amide bonds. The lowest BCUT2D eigenvalue weighted by molar-refractivity contribution is -0.124. The molecule has 0 radical (unpaired) electrons. The van der Waals surface area contributed by atoms with Crippen LogP contribution in [0, 0.1) is 11.3 Å². The van der Waals surface area contributed by atoms with Crippen molar-refractivity contribution in [3.8, 4) is 0 Å². The number of rotatable bonds is 7. The summed E-state index contributed by atoms with van der Waals surface area (Å²) in [4.78, 5) is 11.5. The van der Waals surface area contributed by atoms with E-state index in [0.717, 1.165) is 6.42 Å². The monoisotopic (exact) mass is 235 g/mol. The molecule has 0 spiro atoms. The summed E-state index contributed by atoms with van der Waals surface area (Å²) in [6.07, 6.45) is 0.930. The molecule has 0 saturated heterocycles. The second-order valence-corrected chi connectivity index (χ2v) is 4.99. The molecule has 3 nitrogen and oxygen atoms in total. The van der Waals surface area contributed by atoms with Gasteiger partial charge in [-0.05, 0) is 11.8 Å². The molecule has 1 atom stereocenters. The van der Waals surface area contributed by atoms with Crippen LogP contribution in [0.4, 0.5) is 0 Å². The van der Waals surface area contributed by atoms with Gasteiger partial charge in [0.15, 0.2) is 0 Å². The van der Waals surface area contributed by atoms with Crippen LogP contribution in [0.2, 0.25) is 0 Å². The Morgan fingerprint density at radius 2 is 2.13 bits per heavy atom. The molecule has 1 unspecified atom stereocenters. The molecule has 1 N–H and O–H groups in total. The van der Waals surface area contributed by atoms with E-state index in [-0.39, 0.29) is 17.2 Å². The Bertz CT molecular complexity index is 195. The van der Waals surface area contributed by atoms with Crippen LogP contribution in [0.25, 0.3) is 0 Å². The van der Waals surface area contributed by atoms with Crippen LogP contribution in [0.3, 0.4) is 0 Å². The van der Waals surface area contributed by atoms with E-state index >= 15 is 0 Å². The zero-order chi connectivity index (χ0) is 11.9. The molecule has 0 aromatic carbocycles. The SMILES string of the molecule is COCCC(C)(C)CNC(=O)C(C)CCl. The van der Waals surface area contributed by atoms with Crippen LogP contribution in [0.15, 0.2) is 0 Å². The second-order valence-electron chi connectivity index (χ2n) is 4.68. The zero-order valence-electron chi connectivity index (χ0n) is 10.1. The third-order valence-electron chi connectivity index (χ3n) is 2.40. The van der Waals surface area contributed by atoms with Gasteiger partial charge in [0.05, 0.1) is 0 Å². The largest absolute Gasteiger partial charge is 0.385 e. The van der Waals surface area contributed by atoms with Crippen LogP contribution >= 0.6 is 11.6 Å². The average molecular weight is 236 g/mol. The van der Waals surface area contributed by atoms with Crippen LogP contribution in [-0.2, 0) is 9.53 Å². The molecule has 0 aliphatic heterocycles. The number of hydrogen-bond donors (Lipinski definition) is 1. The van der Waals surface area contributed by atoms with Gasteiger partial charge in [0.25, 0.3) is 0 Å². The highest BCUT2D eigenvalue weighted by atomic mass is 35.5. The van der Waals surface area contributed by atoms with Gasteiger partial charge in [0.2, 0.25) is 5.91 Å². The fourth-order valence-electron chi connectivity index (χ4n) is 1.04. The summed E-state index contributed by atoms with van der Waals surface area (Å²) < 4.78 is 5.02. The highest BCUT2D eigenvalue weighted by Crippen LogP contribution is 2.18. The van der Waals surface area contributed by atoms with Crippen molar-refractivity contribution in [3.63, 3.8) is 0 Å². The highest BCUT2D eigenvalue weighted by Gasteiger charge is 2.20. The maximum Gasteiger partial charge on any atom is 0.224 e. The molecule has 0 fully saturated rings. The molecule has 0 saturated carbocycles. The van der Waals surface area contributed by atoms with Gasteiger partial charge in [-0.2, -0.15) is 0 Å². The lowest BCUT2D eigenvalue weighted by atomic mass is 9.89. The summed E-state index contributed by atoms with van der Waals surface area (Å²) in [5, 5.41) is 2.90. The minimum atomic E-state index is -0.120. The number of alkyl halides is 1. The van der Waals surface area contributed by atoms with Crippen LogP contribution in [0.1, 0.15) is 27.2 Å². The van der Waals surface area contributed by atoms with Crippen molar-refractivity contribution in [2.45, 2.75) is 27.2 Å². The Kier molecular flexibility index (Phi) is 6.94. The standard InChI is InChI=1S/C11H22ClNO2/c1-9(7-12)10(14)13-8-11(2,3)5-6-15-4/h9H,5-8H2,1-4H3,(H,13,14). The molecule has 0 aromatic heterocycles. The van der Waals surface area contributed by atoms with Gasteiger partial charge in [-0.15, -0.1) is 11.6 Å². The summed E-state index contributed by atoms with van der Waals surface area (Å²) in [7, 11) is 1.68. The number of hydrogen-bond acceptors (Lipinski definition) is 2. The zero-order valence-corrected chi connectivity index (χ0v) is 10.9. The van der Waals surface area contributed by atoms with Gasteiger partial charge >= 0.3 is 0 Å². The number of nitrogens with one attached hydrogen (secondary N) is 1. The Morgan fingerprint density at radius 1 is 1.53 bits per heavy atom. The summed E-state index contributed by atoms with van der Waals surface area (Å²) in [5.74, 6) is 0.269. The Balaban J connectivity index is 3.86. The van der Waals surface area contributed by atoms with Gasteiger partial charge in [-0.1, -0.05) is 20.8 Å². The summed E-state index contributed by atoms with van der Waals surface area (Å²) in [5.41, 5.74) is 0.0672. The first kappa shape index (κ1) is 14.7. The Hall–Kier alpha value is -0.280.